The molecule has 7 heteroatoms. The van der Waals surface area contributed by atoms with Crippen LogP contribution in [0.3, 0.4) is 0 Å². The Kier molecular flexibility index (Phi) is 5.90. The largest absolute Gasteiger partial charge is 0.438 e. The summed E-state index contributed by atoms with van der Waals surface area (Å²) in [5.74, 6) is -0.274. The highest BCUT2D eigenvalue weighted by atomic mass is 35.5. The Morgan fingerprint density at radius 2 is 2.10 bits per heavy atom. The molecule has 5 nitrogen and oxygen atoms in total. The van der Waals surface area contributed by atoms with E-state index < -0.39 is 0 Å². The number of ether oxygens (including phenoxy) is 1. The zero-order valence-electron chi connectivity index (χ0n) is 15.9. The number of carbonyl (C=O) groups excluding carboxylic acids is 1. The van der Waals surface area contributed by atoms with Crippen molar-refractivity contribution in [2.45, 2.75) is 25.9 Å². The third-order valence-electron chi connectivity index (χ3n) is 4.93. The van der Waals surface area contributed by atoms with Gasteiger partial charge in [0.2, 0.25) is 5.55 Å². The van der Waals surface area contributed by atoms with Gasteiger partial charge in [-0.25, -0.2) is 4.99 Å². The predicted octanol–water partition coefficient (Wildman–Crippen LogP) is 5.19. The van der Waals surface area contributed by atoms with E-state index in [9.17, 15) is 4.79 Å². The molecule has 0 aliphatic carbocycles. The number of nitrogens with zero attached hydrogens (tertiary/aromatic N) is 1. The Morgan fingerprint density at radius 1 is 1.24 bits per heavy atom. The van der Waals surface area contributed by atoms with Crippen LogP contribution in [-0.2, 0) is 4.74 Å². The van der Waals surface area contributed by atoms with Crippen molar-refractivity contribution in [2.75, 3.05) is 13.2 Å². The molecule has 1 amide bonds. The molecule has 0 spiro atoms. The van der Waals surface area contributed by atoms with Gasteiger partial charge in [0, 0.05) is 28.6 Å². The molecule has 1 aliphatic rings. The number of amides is 1. The average Bonchev–Trinajstić information content (AvgIpc) is 3.23. The van der Waals surface area contributed by atoms with Crippen molar-refractivity contribution in [3.8, 4) is 0 Å². The molecule has 1 aromatic heterocycles. The minimum Gasteiger partial charge on any atom is -0.438 e. The van der Waals surface area contributed by atoms with E-state index >= 15 is 0 Å². The molecule has 4 rings (SSSR count). The van der Waals surface area contributed by atoms with Gasteiger partial charge in [0.1, 0.15) is 11.1 Å². The van der Waals surface area contributed by atoms with Crippen molar-refractivity contribution in [2.24, 2.45) is 4.99 Å². The Bertz CT molecular complexity index is 1130. The number of nitrogens with one attached hydrogen (secondary N) is 1. The zero-order chi connectivity index (χ0) is 20.4. The highest BCUT2D eigenvalue weighted by Crippen LogP contribution is 2.25. The number of rotatable bonds is 4. The molecule has 2 aromatic carbocycles. The van der Waals surface area contributed by atoms with Crippen molar-refractivity contribution < 1.29 is 13.9 Å². The van der Waals surface area contributed by atoms with Crippen molar-refractivity contribution in [3.63, 3.8) is 0 Å². The van der Waals surface area contributed by atoms with E-state index in [2.05, 4.69) is 10.3 Å². The fourth-order valence-corrected chi connectivity index (χ4v) is 3.63. The first-order valence-electron chi connectivity index (χ1n) is 9.44. The molecule has 1 atom stereocenters. The van der Waals surface area contributed by atoms with Crippen LogP contribution in [0, 0.1) is 6.92 Å². The van der Waals surface area contributed by atoms with Crippen LogP contribution in [0.15, 0.2) is 51.9 Å². The van der Waals surface area contributed by atoms with Gasteiger partial charge in [0.15, 0.2) is 0 Å². The van der Waals surface area contributed by atoms with Gasteiger partial charge in [0.05, 0.1) is 11.8 Å². The number of halogens is 2. The molecule has 0 bridgehead atoms. The molecule has 1 unspecified atom stereocenters. The average molecular weight is 431 g/mol. The Morgan fingerprint density at radius 3 is 2.90 bits per heavy atom. The summed E-state index contributed by atoms with van der Waals surface area (Å²) in [7, 11) is 0. The van der Waals surface area contributed by atoms with Gasteiger partial charge < -0.3 is 14.5 Å². The number of benzene rings is 2. The maximum absolute atomic E-state index is 12.9. The van der Waals surface area contributed by atoms with Crippen LogP contribution in [0.25, 0.3) is 11.0 Å². The molecular formula is C22H20Cl2N2O3. The second-order valence-corrected chi connectivity index (χ2v) is 7.83. The standard InChI is InChI=1S/C22H20Cl2N2O3/c1-13-18(24)5-2-6-19(13)26-22-17(21(27)25-12-16-4-3-9-28-16)11-14-10-15(23)7-8-20(14)29-22/h2,5-8,10-11,16H,3-4,9,12H2,1H3,(H,25,27). The minimum atomic E-state index is -0.274. The van der Waals surface area contributed by atoms with Gasteiger partial charge in [0.25, 0.3) is 5.91 Å². The van der Waals surface area contributed by atoms with Gasteiger partial charge >= 0.3 is 0 Å². The Balaban J connectivity index is 1.79. The quantitative estimate of drug-likeness (QED) is 0.619. The number of hydrogen-bond acceptors (Lipinski definition) is 4. The first kappa shape index (κ1) is 20.0. The molecule has 150 valence electrons. The summed E-state index contributed by atoms with van der Waals surface area (Å²) >= 11 is 12.3. The second kappa shape index (κ2) is 8.57. The van der Waals surface area contributed by atoms with Gasteiger partial charge in [-0.2, -0.15) is 0 Å². The van der Waals surface area contributed by atoms with Gasteiger partial charge in [-0.15, -0.1) is 0 Å². The van der Waals surface area contributed by atoms with E-state index in [0.29, 0.717) is 33.4 Å². The Labute approximate surface area is 178 Å². The SMILES string of the molecule is Cc1c(Cl)cccc1N=c1oc2ccc(Cl)cc2cc1C(=O)NCC1CCCO1. The molecule has 0 saturated carbocycles. The first-order chi connectivity index (χ1) is 14.0. The third-order valence-corrected chi connectivity index (χ3v) is 5.57. The number of carbonyl (C=O) groups is 1. The minimum absolute atomic E-state index is 0.0429. The number of hydrogen-bond donors (Lipinski definition) is 1. The van der Waals surface area contributed by atoms with Crippen LogP contribution in [0.1, 0.15) is 28.8 Å². The van der Waals surface area contributed by atoms with Gasteiger partial charge in [-0.3, -0.25) is 4.79 Å². The van der Waals surface area contributed by atoms with Crippen LogP contribution in [0.2, 0.25) is 10.0 Å². The van der Waals surface area contributed by atoms with Crippen molar-refractivity contribution in [1.82, 2.24) is 5.32 Å². The lowest BCUT2D eigenvalue weighted by Crippen LogP contribution is -2.34. The second-order valence-electron chi connectivity index (χ2n) is 6.99. The monoisotopic (exact) mass is 430 g/mol. The highest BCUT2D eigenvalue weighted by molar-refractivity contribution is 6.31. The molecule has 1 saturated heterocycles. The van der Waals surface area contributed by atoms with Gasteiger partial charge in [-0.1, -0.05) is 29.3 Å². The normalized spacial score (nSPS) is 17.1. The molecule has 0 radical (unpaired) electrons. The van der Waals surface area contributed by atoms with E-state index in [4.69, 9.17) is 32.4 Å². The van der Waals surface area contributed by atoms with Crippen LogP contribution in [0.4, 0.5) is 5.69 Å². The molecule has 2 heterocycles. The summed E-state index contributed by atoms with van der Waals surface area (Å²) in [4.78, 5) is 17.5. The fraction of sp³-hybridized carbons (Fsp3) is 0.273. The van der Waals surface area contributed by atoms with E-state index in [0.717, 1.165) is 30.4 Å². The van der Waals surface area contributed by atoms with Crippen LogP contribution < -0.4 is 10.9 Å². The molecule has 3 aromatic rings. The molecule has 1 aliphatic heterocycles. The van der Waals surface area contributed by atoms with E-state index in [1.165, 1.54) is 0 Å². The van der Waals surface area contributed by atoms with E-state index in [-0.39, 0.29) is 17.6 Å². The zero-order valence-corrected chi connectivity index (χ0v) is 17.4. The molecular weight excluding hydrogens is 411 g/mol. The number of fused-ring (bicyclic) bond motifs is 1. The summed E-state index contributed by atoms with van der Waals surface area (Å²) in [6, 6.07) is 12.4. The van der Waals surface area contributed by atoms with E-state index in [1.807, 2.05) is 19.1 Å². The van der Waals surface area contributed by atoms with Crippen molar-refractivity contribution in [3.05, 3.63) is 69.2 Å². The Hall–Kier alpha value is -2.34. The van der Waals surface area contributed by atoms with Crippen LogP contribution >= 0.6 is 23.2 Å². The van der Waals surface area contributed by atoms with Crippen LogP contribution in [0.5, 0.6) is 0 Å². The summed E-state index contributed by atoms with van der Waals surface area (Å²) in [5, 5.41) is 4.82. The maximum atomic E-state index is 12.9. The smallest absolute Gasteiger partial charge is 0.256 e. The topological polar surface area (TPSA) is 63.8 Å². The third kappa shape index (κ3) is 4.47. The summed E-state index contributed by atoms with van der Waals surface area (Å²) < 4.78 is 11.6. The molecule has 1 N–H and O–H groups in total. The van der Waals surface area contributed by atoms with Crippen molar-refractivity contribution >= 4 is 45.8 Å². The molecule has 29 heavy (non-hydrogen) atoms. The van der Waals surface area contributed by atoms with Crippen LogP contribution in [-0.4, -0.2) is 25.2 Å². The summed E-state index contributed by atoms with van der Waals surface area (Å²) in [6.07, 6.45) is 2.00. The summed E-state index contributed by atoms with van der Waals surface area (Å²) in [5.41, 5.74) is 2.59. The fourth-order valence-electron chi connectivity index (χ4n) is 3.28. The lowest BCUT2D eigenvalue weighted by Gasteiger charge is -2.11. The lowest BCUT2D eigenvalue weighted by atomic mass is 10.1. The van der Waals surface area contributed by atoms with Gasteiger partial charge in [-0.05, 0) is 61.7 Å². The first-order valence-corrected chi connectivity index (χ1v) is 10.2. The van der Waals surface area contributed by atoms with Crippen molar-refractivity contribution in [1.29, 1.82) is 0 Å². The highest BCUT2D eigenvalue weighted by Gasteiger charge is 2.19. The maximum Gasteiger partial charge on any atom is 0.256 e. The summed E-state index contributed by atoms with van der Waals surface area (Å²) in [6.45, 7) is 3.06. The lowest BCUT2D eigenvalue weighted by molar-refractivity contribution is 0.0854. The predicted molar refractivity (Wildman–Crippen MR) is 114 cm³/mol. The van der Waals surface area contributed by atoms with E-state index in [1.54, 1.807) is 30.3 Å². The molecule has 1 fully saturated rings.